The van der Waals surface area contributed by atoms with E-state index in [1.54, 1.807) is 12.1 Å². The van der Waals surface area contributed by atoms with Crippen molar-refractivity contribution in [2.24, 2.45) is 4.99 Å². The molecule has 1 aromatic heterocycles. The van der Waals surface area contributed by atoms with Gasteiger partial charge in [-0.05, 0) is 12.1 Å². The van der Waals surface area contributed by atoms with E-state index < -0.39 is 5.97 Å². The zero-order chi connectivity index (χ0) is 11.7. The highest BCUT2D eigenvalue weighted by molar-refractivity contribution is 5.96. The third kappa shape index (κ3) is 1.84. The molecule has 0 saturated heterocycles. The maximum absolute atomic E-state index is 11.7. The predicted octanol–water partition coefficient (Wildman–Crippen LogP) is 0.944. The zero-order valence-corrected chi connectivity index (χ0v) is 8.84. The summed E-state index contributed by atoms with van der Waals surface area (Å²) in [5.41, 5.74) is 1.18. The van der Waals surface area contributed by atoms with Crippen molar-refractivity contribution in [3.05, 3.63) is 30.2 Å². The largest absolute Gasteiger partial charge is 0.431 e. The van der Waals surface area contributed by atoms with Gasteiger partial charge in [-0.15, -0.1) is 0 Å². The molecule has 6 heteroatoms. The van der Waals surface area contributed by atoms with Crippen molar-refractivity contribution in [1.29, 1.82) is 0 Å². The van der Waals surface area contributed by atoms with E-state index in [4.69, 9.17) is 9.15 Å². The number of rotatable bonds is 1. The van der Waals surface area contributed by atoms with Gasteiger partial charge in [0, 0.05) is 6.54 Å². The van der Waals surface area contributed by atoms with E-state index in [2.05, 4.69) is 15.3 Å². The average Bonchev–Trinajstić information content (AvgIpc) is 2.96. The molecular formula is C11H9N3O3. The highest BCUT2D eigenvalue weighted by atomic mass is 16.6. The molecule has 1 aliphatic heterocycles. The normalized spacial score (nSPS) is 14.5. The molecule has 2 aromatic rings. The summed E-state index contributed by atoms with van der Waals surface area (Å²) in [6.45, 7) is 1.28. The number of para-hydroxylation sites is 2. The van der Waals surface area contributed by atoms with Crippen LogP contribution in [0.2, 0.25) is 0 Å². The molecule has 0 bridgehead atoms. The van der Waals surface area contributed by atoms with E-state index in [-0.39, 0.29) is 11.9 Å². The van der Waals surface area contributed by atoms with Crippen molar-refractivity contribution in [2.45, 2.75) is 0 Å². The van der Waals surface area contributed by atoms with Gasteiger partial charge in [0.05, 0.1) is 6.54 Å². The van der Waals surface area contributed by atoms with Crippen LogP contribution in [0.4, 0.5) is 0 Å². The Morgan fingerprint density at radius 3 is 3.06 bits per heavy atom. The summed E-state index contributed by atoms with van der Waals surface area (Å²) in [6, 6.07) is 7.36. The van der Waals surface area contributed by atoms with Crippen LogP contribution in [-0.4, -0.2) is 30.1 Å². The van der Waals surface area contributed by atoms with Gasteiger partial charge in [0.25, 0.3) is 6.02 Å². The summed E-state index contributed by atoms with van der Waals surface area (Å²) in [7, 11) is 0. The van der Waals surface area contributed by atoms with Crippen LogP contribution in [0.1, 0.15) is 10.7 Å². The smallest absolute Gasteiger partial charge is 0.402 e. The maximum Gasteiger partial charge on any atom is 0.402 e. The fourth-order valence-corrected chi connectivity index (χ4v) is 1.54. The molecule has 1 N–H and O–H groups in total. The highest BCUT2D eigenvalue weighted by Crippen LogP contribution is 2.15. The zero-order valence-electron chi connectivity index (χ0n) is 8.84. The third-order valence-electron chi connectivity index (χ3n) is 2.30. The second kappa shape index (κ2) is 3.89. The number of esters is 1. The molecule has 0 aliphatic carbocycles. The van der Waals surface area contributed by atoms with E-state index in [9.17, 15) is 4.79 Å². The summed E-state index contributed by atoms with van der Waals surface area (Å²) in [6.07, 6.45) is 0. The molecule has 1 aromatic carbocycles. The quantitative estimate of drug-likeness (QED) is 0.739. The minimum absolute atomic E-state index is 0.0670. The van der Waals surface area contributed by atoms with E-state index in [1.165, 1.54) is 0 Å². The highest BCUT2D eigenvalue weighted by Gasteiger charge is 2.19. The standard InChI is InChI=1S/C11H9N3O3/c15-10(17-11-12-5-6-13-11)9-14-7-3-1-2-4-8(7)16-9/h1-4H,5-6H2,(H,12,13). The number of benzene rings is 1. The van der Waals surface area contributed by atoms with Gasteiger partial charge < -0.3 is 14.5 Å². The molecule has 0 unspecified atom stereocenters. The lowest BCUT2D eigenvalue weighted by Crippen LogP contribution is -2.24. The molecule has 86 valence electrons. The number of carbonyl (C=O) groups excluding carboxylic acids is 1. The Bertz CT molecular complexity index is 570. The first-order valence-corrected chi connectivity index (χ1v) is 5.19. The number of aromatic nitrogens is 1. The Kier molecular flexibility index (Phi) is 2.25. The summed E-state index contributed by atoms with van der Waals surface area (Å²) in [5.74, 6) is -0.711. The average molecular weight is 231 g/mol. The number of fused-ring (bicyclic) bond motifs is 1. The molecule has 0 fully saturated rings. The summed E-state index contributed by atoms with van der Waals surface area (Å²) in [4.78, 5) is 19.6. The molecule has 1 aliphatic rings. The van der Waals surface area contributed by atoms with Crippen LogP contribution in [0.25, 0.3) is 11.1 Å². The Morgan fingerprint density at radius 1 is 1.41 bits per heavy atom. The number of ether oxygens (including phenoxy) is 1. The van der Waals surface area contributed by atoms with Crippen LogP contribution < -0.4 is 5.32 Å². The Labute approximate surface area is 96.3 Å². The summed E-state index contributed by atoms with van der Waals surface area (Å²) >= 11 is 0. The van der Waals surface area contributed by atoms with E-state index in [0.717, 1.165) is 0 Å². The first kappa shape index (κ1) is 9.83. The van der Waals surface area contributed by atoms with E-state index in [0.29, 0.717) is 24.2 Å². The molecule has 3 rings (SSSR count). The molecular weight excluding hydrogens is 222 g/mol. The first-order chi connectivity index (χ1) is 8.33. The molecule has 6 nitrogen and oxygen atoms in total. The number of nitrogens with zero attached hydrogens (tertiary/aromatic N) is 2. The number of amidine groups is 1. The molecule has 0 saturated carbocycles. The van der Waals surface area contributed by atoms with Crippen molar-refractivity contribution in [2.75, 3.05) is 13.1 Å². The molecule has 0 spiro atoms. The Hall–Kier alpha value is -2.37. The van der Waals surface area contributed by atoms with Crippen molar-refractivity contribution < 1.29 is 13.9 Å². The minimum atomic E-state index is -0.644. The number of nitrogens with one attached hydrogen (secondary N) is 1. The monoisotopic (exact) mass is 231 g/mol. The topological polar surface area (TPSA) is 76.7 Å². The third-order valence-corrected chi connectivity index (χ3v) is 2.30. The number of hydrogen-bond acceptors (Lipinski definition) is 6. The molecule has 0 amide bonds. The Balaban J connectivity index is 1.85. The van der Waals surface area contributed by atoms with Crippen LogP contribution in [0.15, 0.2) is 33.7 Å². The van der Waals surface area contributed by atoms with Gasteiger partial charge in [-0.25, -0.2) is 14.8 Å². The van der Waals surface area contributed by atoms with Gasteiger partial charge >= 0.3 is 11.9 Å². The maximum atomic E-state index is 11.7. The van der Waals surface area contributed by atoms with Crippen molar-refractivity contribution in [3.63, 3.8) is 0 Å². The van der Waals surface area contributed by atoms with Crippen LogP contribution in [-0.2, 0) is 4.74 Å². The van der Waals surface area contributed by atoms with Gasteiger partial charge in [0.1, 0.15) is 5.52 Å². The lowest BCUT2D eigenvalue weighted by atomic mass is 10.3. The van der Waals surface area contributed by atoms with Crippen molar-refractivity contribution in [1.82, 2.24) is 10.3 Å². The van der Waals surface area contributed by atoms with E-state index >= 15 is 0 Å². The van der Waals surface area contributed by atoms with Crippen molar-refractivity contribution in [3.8, 4) is 0 Å². The molecule has 0 radical (unpaired) electrons. The second-order valence-electron chi connectivity index (χ2n) is 3.49. The van der Waals surface area contributed by atoms with Gasteiger partial charge in [0.15, 0.2) is 5.58 Å². The lowest BCUT2D eigenvalue weighted by Gasteiger charge is -1.99. The van der Waals surface area contributed by atoms with Gasteiger partial charge in [-0.1, -0.05) is 12.1 Å². The lowest BCUT2D eigenvalue weighted by molar-refractivity contribution is 0.0670. The SMILES string of the molecule is O=C(OC1=NCCN1)c1nc2ccccc2o1. The van der Waals surface area contributed by atoms with Gasteiger partial charge in [-0.3, -0.25) is 0 Å². The summed E-state index contributed by atoms with van der Waals surface area (Å²) < 4.78 is 10.2. The molecule has 2 heterocycles. The fourth-order valence-electron chi connectivity index (χ4n) is 1.54. The van der Waals surface area contributed by atoms with Crippen molar-refractivity contribution >= 4 is 23.1 Å². The fraction of sp³-hybridized carbons (Fsp3) is 0.182. The first-order valence-electron chi connectivity index (χ1n) is 5.19. The van der Waals surface area contributed by atoms with Crippen LogP contribution in [0.5, 0.6) is 0 Å². The van der Waals surface area contributed by atoms with E-state index in [1.807, 2.05) is 12.1 Å². The van der Waals surface area contributed by atoms with Crippen LogP contribution in [0, 0.1) is 0 Å². The molecule has 17 heavy (non-hydrogen) atoms. The van der Waals surface area contributed by atoms with Crippen LogP contribution in [0.3, 0.4) is 0 Å². The summed E-state index contributed by atoms with van der Waals surface area (Å²) in [5, 5.41) is 2.83. The minimum Gasteiger partial charge on any atom is -0.431 e. The van der Waals surface area contributed by atoms with Crippen LogP contribution >= 0.6 is 0 Å². The number of hydrogen-bond donors (Lipinski definition) is 1. The number of carbonyl (C=O) groups is 1. The number of oxazole rings is 1. The Morgan fingerprint density at radius 2 is 2.29 bits per heavy atom. The van der Waals surface area contributed by atoms with Gasteiger partial charge in [-0.2, -0.15) is 0 Å². The van der Waals surface area contributed by atoms with Gasteiger partial charge in [0.2, 0.25) is 0 Å². The predicted molar refractivity (Wildman–Crippen MR) is 59.7 cm³/mol. The molecule has 0 atom stereocenters. The number of aliphatic imine (C=N–C) groups is 1. The second-order valence-corrected chi connectivity index (χ2v) is 3.49.